The number of nitrogens with two attached hydrogens (primary N) is 1. The number of aliphatic hydroxyl groups is 1. The number of carbonyl (C=O) groups is 1. The summed E-state index contributed by atoms with van der Waals surface area (Å²) < 4.78 is 47.6. The van der Waals surface area contributed by atoms with E-state index in [0.29, 0.717) is 42.6 Å². The first-order chi connectivity index (χ1) is 19.1. The van der Waals surface area contributed by atoms with Gasteiger partial charge in [0.1, 0.15) is 17.2 Å². The highest BCUT2D eigenvalue weighted by atomic mass is 32.2. The number of hydrogen-bond acceptors (Lipinski definition) is 7. The molecule has 4 rings (SSSR count). The third-order valence-electron chi connectivity index (χ3n) is 7.15. The number of pyridine rings is 1. The fourth-order valence-corrected chi connectivity index (χ4v) is 6.20. The van der Waals surface area contributed by atoms with E-state index in [2.05, 4.69) is 9.71 Å². The quantitative estimate of drug-likeness (QED) is 0.241. The summed E-state index contributed by atoms with van der Waals surface area (Å²) in [5.74, 6) is -1.43. The van der Waals surface area contributed by atoms with E-state index in [1.54, 1.807) is 36.4 Å². The van der Waals surface area contributed by atoms with Gasteiger partial charge in [0.15, 0.2) is 5.03 Å². The number of nitrogens with one attached hydrogen (secondary N) is 1. The molecule has 0 radical (unpaired) electrons. The molecule has 1 aliphatic rings. The lowest BCUT2D eigenvalue weighted by atomic mass is 9.80. The number of aromatic nitrogens is 1. The lowest BCUT2D eigenvalue weighted by molar-refractivity contribution is -0.161. The molecule has 0 spiro atoms. The first-order valence-corrected chi connectivity index (χ1v) is 14.8. The summed E-state index contributed by atoms with van der Waals surface area (Å²) >= 11 is 0. The van der Waals surface area contributed by atoms with Gasteiger partial charge in [0, 0.05) is 18.0 Å². The topological polar surface area (TPSA) is 132 Å². The van der Waals surface area contributed by atoms with Gasteiger partial charge in [-0.25, -0.2) is 14.2 Å². The van der Waals surface area contributed by atoms with Crippen molar-refractivity contribution in [1.29, 1.82) is 0 Å². The van der Waals surface area contributed by atoms with Crippen LogP contribution in [0.2, 0.25) is 0 Å². The Morgan fingerprint density at radius 2 is 1.88 bits per heavy atom. The molecule has 0 amide bonds. The number of esters is 1. The lowest BCUT2D eigenvalue weighted by Gasteiger charge is -2.38. The van der Waals surface area contributed by atoms with Gasteiger partial charge in [-0.1, -0.05) is 44.5 Å². The molecule has 2 aromatic carbocycles. The van der Waals surface area contributed by atoms with Gasteiger partial charge in [0.05, 0.1) is 17.5 Å². The van der Waals surface area contributed by atoms with E-state index < -0.39 is 27.5 Å². The second kappa shape index (κ2) is 12.1. The second-order valence-electron chi connectivity index (χ2n) is 10.1. The molecule has 4 N–H and O–H groups in total. The highest BCUT2D eigenvalue weighted by molar-refractivity contribution is 7.92. The molecule has 1 aliphatic heterocycles. The molecule has 40 heavy (non-hydrogen) atoms. The third kappa shape index (κ3) is 6.62. The number of halogens is 1. The Kier molecular flexibility index (Phi) is 8.78. The predicted molar refractivity (Wildman–Crippen MR) is 152 cm³/mol. The average molecular weight is 568 g/mol. The number of carbonyl (C=O) groups excluding carboxylic acids is 1. The molecule has 0 aliphatic carbocycles. The monoisotopic (exact) mass is 567 g/mol. The summed E-state index contributed by atoms with van der Waals surface area (Å²) in [4.78, 5) is 17.3. The van der Waals surface area contributed by atoms with E-state index in [4.69, 9.17) is 10.5 Å². The maximum atomic E-state index is 13.4. The zero-order valence-electron chi connectivity index (χ0n) is 22.6. The van der Waals surface area contributed by atoms with Crippen LogP contribution in [-0.4, -0.2) is 30.1 Å². The van der Waals surface area contributed by atoms with Crippen molar-refractivity contribution in [2.45, 2.75) is 68.9 Å². The number of anilines is 2. The van der Waals surface area contributed by atoms with Gasteiger partial charge < -0.3 is 15.6 Å². The van der Waals surface area contributed by atoms with Crippen molar-refractivity contribution in [2.75, 3.05) is 10.5 Å². The fourth-order valence-electron chi connectivity index (χ4n) is 5.22. The number of hydrogen-bond donors (Lipinski definition) is 3. The lowest BCUT2D eigenvalue weighted by Crippen LogP contribution is -2.41. The van der Waals surface area contributed by atoms with Gasteiger partial charge in [-0.15, -0.1) is 0 Å². The van der Waals surface area contributed by atoms with Crippen molar-refractivity contribution in [3.05, 3.63) is 95.1 Å². The van der Waals surface area contributed by atoms with Crippen LogP contribution >= 0.6 is 0 Å². The van der Waals surface area contributed by atoms with Gasteiger partial charge in [0.25, 0.3) is 10.0 Å². The Hall–Kier alpha value is -3.92. The summed E-state index contributed by atoms with van der Waals surface area (Å²) in [5, 5.41) is 11.0. The number of nitrogens with zero attached hydrogens (tertiary/aromatic N) is 1. The number of cyclic esters (lactones) is 1. The van der Waals surface area contributed by atoms with E-state index in [9.17, 15) is 22.7 Å². The van der Waals surface area contributed by atoms with Crippen LogP contribution in [0.25, 0.3) is 0 Å². The second-order valence-corrected chi connectivity index (χ2v) is 11.7. The Labute approximate surface area is 234 Å². The first kappa shape index (κ1) is 29.1. The maximum Gasteiger partial charge on any atom is 0.338 e. The summed E-state index contributed by atoms with van der Waals surface area (Å²) in [6.07, 6.45) is 4.29. The van der Waals surface area contributed by atoms with Crippen LogP contribution < -0.4 is 10.5 Å². The molecule has 212 valence electrons. The van der Waals surface area contributed by atoms with E-state index in [1.807, 2.05) is 13.8 Å². The van der Waals surface area contributed by atoms with Crippen molar-refractivity contribution < 1.29 is 27.4 Å². The number of benzene rings is 2. The average Bonchev–Trinajstić information content (AvgIpc) is 2.91. The molecule has 8 nitrogen and oxygen atoms in total. The molecule has 3 aromatic rings. The van der Waals surface area contributed by atoms with Crippen LogP contribution in [0.3, 0.4) is 0 Å². The van der Waals surface area contributed by atoms with Gasteiger partial charge in [-0.2, -0.15) is 8.42 Å². The number of aryl methyl sites for hydroxylation is 1. The minimum atomic E-state index is -3.97. The van der Waals surface area contributed by atoms with Crippen molar-refractivity contribution in [1.82, 2.24) is 4.98 Å². The fraction of sp³-hybridized carbons (Fsp3) is 0.333. The molecule has 0 bridgehead atoms. The molecule has 0 fully saturated rings. The van der Waals surface area contributed by atoms with Crippen molar-refractivity contribution in [3.63, 3.8) is 0 Å². The van der Waals surface area contributed by atoms with Crippen molar-refractivity contribution in [2.24, 2.45) is 0 Å². The summed E-state index contributed by atoms with van der Waals surface area (Å²) in [6.45, 7) is 3.88. The standard InChI is InChI=1S/C30H34FN3O5S/c1-3-15-30(16-14-20-8-10-22(31)11-9-20)18-26(35)28(29(36)39-30)25(4-2)21-6-5-7-24(17-21)34-40(37,38)27-13-12-23(32)19-33-27/h5-13,17,19,25,34-35H,3-4,14-16,18,32H2,1-2H3/t25-,30-/m1/s1. The van der Waals surface area contributed by atoms with Crippen LogP contribution in [0.5, 0.6) is 0 Å². The third-order valence-corrected chi connectivity index (χ3v) is 8.45. The Morgan fingerprint density at radius 3 is 2.50 bits per heavy atom. The molecule has 2 atom stereocenters. The van der Waals surface area contributed by atoms with Gasteiger partial charge in [-0.05, 0) is 73.2 Å². The largest absolute Gasteiger partial charge is 0.512 e. The first-order valence-electron chi connectivity index (χ1n) is 13.3. The smallest absolute Gasteiger partial charge is 0.338 e. The van der Waals surface area contributed by atoms with Crippen LogP contribution in [0.1, 0.15) is 63.0 Å². The van der Waals surface area contributed by atoms with Crippen molar-refractivity contribution >= 4 is 27.4 Å². The predicted octanol–water partition coefficient (Wildman–Crippen LogP) is 6.03. The van der Waals surface area contributed by atoms with E-state index in [1.165, 1.54) is 30.5 Å². The van der Waals surface area contributed by atoms with Crippen LogP contribution in [-0.2, 0) is 26.0 Å². The summed E-state index contributed by atoms with van der Waals surface area (Å²) in [6, 6.07) is 15.7. The number of nitrogen functional groups attached to an aromatic ring is 1. The molecule has 0 saturated heterocycles. The number of rotatable bonds is 11. The van der Waals surface area contributed by atoms with E-state index in [0.717, 1.165) is 12.0 Å². The minimum absolute atomic E-state index is 0.0206. The SMILES string of the molecule is CCC[C@@]1(CCc2ccc(F)cc2)CC(O)=C([C@H](CC)c2cccc(NS(=O)(=O)c3ccc(N)cn3)c2)C(=O)O1. The molecule has 10 heteroatoms. The van der Waals surface area contributed by atoms with Crippen LogP contribution in [0.15, 0.2) is 83.2 Å². The molecular formula is C30H34FN3O5S. The van der Waals surface area contributed by atoms with E-state index in [-0.39, 0.29) is 28.6 Å². The highest BCUT2D eigenvalue weighted by Crippen LogP contribution is 2.42. The maximum absolute atomic E-state index is 13.4. The molecule has 0 saturated carbocycles. The highest BCUT2D eigenvalue weighted by Gasteiger charge is 2.43. The van der Waals surface area contributed by atoms with E-state index >= 15 is 0 Å². The molecule has 1 aromatic heterocycles. The number of aliphatic hydroxyl groups excluding tert-OH is 1. The molecular weight excluding hydrogens is 533 g/mol. The Morgan fingerprint density at radius 1 is 1.12 bits per heavy atom. The number of sulfonamides is 1. The Bertz CT molecular complexity index is 1490. The van der Waals surface area contributed by atoms with Gasteiger partial charge >= 0.3 is 5.97 Å². The van der Waals surface area contributed by atoms with Crippen molar-refractivity contribution in [3.8, 4) is 0 Å². The minimum Gasteiger partial charge on any atom is -0.512 e. The molecule has 0 unspecified atom stereocenters. The zero-order chi connectivity index (χ0) is 28.9. The number of ether oxygens (including phenoxy) is 1. The summed E-state index contributed by atoms with van der Waals surface area (Å²) in [7, 11) is -3.97. The van der Waals surface area contributed by atoms with Gasteiger partial charge in [-0.3, -0.25) is 4.72 Å². The normalized spacial score (nSPS) is 18.3. The van der Waals surface area contributed by atoms with Crippen LogP contribution in [0.4, 0.5) is 15.8 Å². The molecule has 2 heterocycles. The Balaban J connectivity index is 1.58. The van der Waals surface area contributed by atoms with Crippen LogP contribution in [0, 0.1) is 5.82 Å². The zero-order valence-corrected chi connectivity index (χ0v) is 23.4. The van der Waals surface area contributed by atoms with Gasteiger partial charge in [0.2, 0.25) is 0 Å². The summed E-state index contributed by atoms with van der Waals surface area (Å²) in [5.41, 5.74) is 7.13.